The van der Waals surface area contributed by atoms with Crippen molar-refractivity contribution < 1.29 is 9.59 Å². The van der Waals surface area contributed by atoms with E-state index in [-0.39, 0.29) is 17.9 Å². The molecule has 0 aliphatic carbocycles. The van der Waals surface area contributed by atoms with Crippen molar-refractivity contribution in [1.29, 1.82) is 0 Å². The third-order valence-electron chi connectivity index (χ3n) is 6.24. The normalized spacial score (nSPS) is 21.5. The van der Waals surface area contributed by atoms with Gasteiger partial charge in [0.05, 0.1) is 0 Å². The van der Waals surface area contributed by atoms with Crippen molar-refractivity contribution >= 4 is 22.7 Å². The van der Waals surface area contributed by atoms with E-state index in [0.717, 1.165) is 38.8 Å². The summed E-state index contributed by atoms with van der Waals surface area (Å²) in [6.07, 6.45) is 3.66. The molecule has 4 rings (SSSR count). The Morgan fingerprint density at radius 3 is 2.43 bits per heavy atom. The Morgan fingerprint density at radius 1 is 1.04 bits per heavy atom. The number of likely N-dealkylation sites (tertiary alicyclic amines) is 2. The van der Waals surface area contributed by atoms with Crippen molar-refractivity contribution in [3.63, 3.8) is 0 Å². The lowest BCUT2D eigenvalue weighted by molar-refractivity contribution is -0.148. The number of piperidine rings is 1. The van der Waals surface area contributed by atoms with Crippen molar-refractivity contribution in [2.75, 3.05) is 19.6 Å². The number of rotatable bonds is 2. The van der Waals surface area contributed by atoms with E-state index in [1.165, 1.54) is 16.6 Å². The van der Waals surface area contributed by atoms with E-state index < -0.39 is 5.41 Å². The molecule has 1 atom stereocenters. The number of aromatic nitrogens is 1. The fraction of sp³-hybridized carbons (Fsp3) is 0.565. The van der Waals surface area contributed by atoms with Gasteiger partial charge < -0.3 is 14.8 Å². The first kappa shape index (κ1) is 19.0. The molecule has 1 unspecified atom stereocenters. The molecule has 28 heavy (non-hydrogen) atoms. The van der Waals surface area contributed by atoms with E-state index in [2.05, 4.69) is 35.3 Å². The number of nitrogens with zero attached hydrogens (tertiary/aromatic N) is 2. The molecule has 5 heteroatoms. The summed E-state index contributed by atoms with van der Waals surface area (Å²) < 4.78 is 0. The molecule has 0 spiro atoms. The lowest BCUT2D eigenvalue weighted by atomic mass is 9.92. The number of benzene rings is 1. The zero-order chi connectivity index (χ0) is 19.9. The second kappa shape index (κ2) is 7.26. The second-order valence-corrected chi connectivity index (χ2v) is 9.32. The summed E-state index contributed by atoms with van der Waals surface area (Å²) in [5.74, 6) is 0.703. The molecular formula is C23H31N3O2. The van der Waals surface area contributed by atoms with Crippen molar-refractivity contribution in [2.45, 2.75) is 58.4 Å². The first-order chi connectivity index (χ1) is 13.3. The highest BCUT2D eigenvalue weighted by atomic mass is 16.2. The van der Waals surface area contributed by atoms with Crippen molar-refractivity contribution in [3.05, 3.63) is 36.0 Å². The van der Waals surface area contributed by atoms with Gasteiger partial charge >= 0.3 is 0 Å². The second-order valence-electron chi connectivity index (χ2n) is 9.32. The molecule has 1 N–H and O–H groups in total. The molecule has 2 saturated heterocycles. The van der Waals surface area contributed by atoms with Crippen LogP contribution in [-0.2, 0) is 9.59 Å². The van der Waals surface area contributed by atoms with Crippen LogP contribution in [0.4, 0.5) is 0 Å². The summed E-state index contributed by atoms with van der Waals surface area (Å²) in [5.41, 5.74) is 2.02. The van der Waals surface area contributed by atoms with E-state index in [4.69, 9.17) is 0 Å². The molecule has 0 bridgehead atoms. The predicted molar refractivity (Wildman–Crippen MR) is 111 cm³/mol. The molecule has 0 radical (unpaired) electrons. The lowest BCUT2D eigenvalue weighted by Crippen LogP contribution is -2.52. The summed E-state index contributed by atoms with van der Waals surface area (Å²) in [7, 11) is 0. The van der Waals surface area contributed by atoms with E-state index in [0.29, 0.717) is 12.5 Å². The summed E-state index contributed by atoms with van der Waals surface area (Å²) >= 11 is 0. The van der Waals surface area contributed by atoms with Crippen LogP contribution in [-0.4, -0.2) is 52.3 Å². The highest BCUT2D eigenvalue weighted by Crippen LogP contribution is 2.32. The topological polar surface area (TPSA) is 56.4 Å². The van der Waals surface area contributed by atoms with Gasteiger partial charge in [-0.3, -0.25) is 9.59 Å². The summed E-state index contributed by atoms with van der Waals surface area (Å²) in [5, 5.41) is 1.25. The van der Waals surface area contributed by atoms with Crippen LogP contribution in [0.15, 0.2) is 30.3 Å². The number of hydrogen-bond acceptors (Lipinski definition) is 2. The molecule has 2 aliphatic rings. The van der Waals surface area contributed by atoms with Crippen LogP contribution in [0.1, 0.15) is 58.1 Å². The monoisotopic (exact) mass is 381 g/mol. The SMILES string of the molecule is CC(C)(C)C(=O)N1CCCC1C(=O)N1CCC(c2cc3ccccc3[nH]2)CC1. The fourth-order valence-electron chi connectivity index (χ4n) is 4.63. The van der Waals surface area contributed by atoms with Gasteiger partial charge in [0.15, 0.2) is 0 Å². The number of aromatic amines is 1. The number of carbonyl (C=O) groups excluding carboxylic acids is 2. The Hall–Kier alpha value is -2.30. The van der Waals surface area contributed by atoms with Crippen LogP contribution >= 0.6 is 0 Å². The number of amides is 2. The van der Waals surface area contributed by atoms with Crippen LogP contribution in [0.25, 0.3) is 10.9 Å². The van der Waals surface area contributed by atoms with Gasteiger partial charge in [0.2, 0.25) is 11.8 Å². The average Bonchev–Trinajstić information content (AvgIpc) is 3.33. The molecule has 0 saturated carbocycles. The Morgan fingerprint density at radius 2 is 1.75 bits per heavy atom. The van der Waals surface area contributed by atoms with Gasteiger partial charge in [-0.1, -0.05) is 39.0 Å². The summed E-state index contributed by atoms with van der Waals surface area (Å²) in [6, 6.07) is 10.3. The van der Waals surface area contributed by atoms with Crippen molar-refractivity contribution in [3.8, 4) is 0 Å². The lowest BCUT2D eigenvalue weighted by Gasteiger charge is -2.36. The van der Waals surface area contributed by atoms with Gasteiger partial charge in [-0.05, 0) is 43.2 Å². The maximum absolute atomic E-state index is 13.2. The molecule has 2 amide bonds. The van der Waals surface area contributed by atoms with Crippen LogP contribution in [0.3, 0.4) is 0 Å². The summed E-state index contributed by atoms with van der Waals surface area (Å²) in [6.45, 7) is 8.04. The van der Waals surface area contributed by atoms with E-state index >= 15 is 0 Å². The zero-order valence-corrected chi connectivity index (χ0v) is 17.2. The molecule has 150 valence electrons. The van der Waals surface area contributed by atoms with Gasteiger partial charge in [-0.15, -0.1) is 0 Å². The number of carbonyl (C=O) groups is 2. The Kier molecular flexibility index (Phi) is 4.94. The van der Waals surface area contributed by atoms with Crippen molar-refractivity contribution in [1.82, 2.24) is 14.8 Å². The number of para-hydroxylation sites is 1. The number of fused-ring (bicyclic) bond motifs is 1. The number of nitrogens with one attached hydrogen (secondary N) is 1. The minimum atomic E-state index is -0.439. The van der Waals surface area contributed by atoms with Crippen LogP contribution in [0.5, 0.6) is 0 Å². The van der Waals surface area contributed by atoms with Crippen LogP contribution in [0, 0.1) is 5.41 Å². The van der Waals surface area contributed by atoms with Crippen LogP contribution < -0.4 is 0 Å². The largest absolute Gasteiger partial charge is 0.358 e. The van der Waals surface area contributed by atoms with Gasteiger partial charge in [0.25, 0.3) is 0 Å². The van der Waals surface area contributed by atoms with Gasteiger partial charge in [-0.2, -0.15) is 0 Å². The predicted octanol–water partition coefficient (Wildman–Crippen LogP) is 3.91. The number of H-pyrrole nitrogens is 1. The van der Waals surface area contributed by atoms with Gasteiger partial charge in [-0.25, -0.2) is 0 Å². The quantitative estimate of drug-likeness (QED) is 0.857. The average molecular weight is 382 g/mol. The van der Waals surface area contributed by atoms with Gasteiger partial charge in [0.1, 0.15) is 6.04 Å². The molecule has 3 heterocycles. The molecule has 1 aromatic heterocycles. The first-order valence-corrected chi connectivity index (χ1v) is 10.5. The van der Waals surface area contributed by atoms with Crippen molar-refractivity contribution in [2.24, 2.45) is 5.41 Å². The fourth-order valence-corrected chi connectivity index (χ4v) is 4.63. The maximum atomic E-state index is 13.2. The zero-order valence-electron chi connectivity index (χ0n) is 17.2. The third-order valence-corrected chi connectivity index (χ3v) is 6.24. The molecule has 2 aliphatic heterocycles. The molecule has 2 aromatic rings. The summed E-state index contributed by atoms with van der Waals surface area (Å²) in [4.78, 5) is 33.2. The maximum Gasteiger partial charge on any atom is 0.245 e. The molecule has 2 fully saturated rings. The molecule has 1 aromatic carbocycles. The molecular weight excluding hydrogens is 350 g/mol. The standard InChI is InChI=1S/C23H31N3O2/c1-23(2,3)22(28)26-12-6-9-20(26)21(27)25-13-10-16(11-14-25)19-15-17-7-4-5-8-18(17)24-19/h4-5,7-8,15-16,20,24H,6,9-14H2,1-3H3. The van der Waals surface area contributed by atoms with E-state index in [1.54, 1.807) is 0 Å². The van der Waals surface area contributed by atoms with E-state index in [1.807, 2.05) is 30.6 Å². The Bertz CT molecular complexity index is 838. The number of hydrogen-bond donors (Lipinski definition) is 1. The Balaban J connectivity index is 1.40. The smallest absolute Gasteiger partial charge is 0.245 e. The highest BCUT2D eigenvalue weighted by molar-refractivity contribution is 5.90. The first-order valence-electron chi connectivity index (χ1n) is 10.5. The molecule has 5 nitrogen and oxygen atoms in total. The van der Waals surface area contributed by atoms with E-state index in [9.17, 15) is 9.59 Å². The highest BCUT2D eigenvalue weighted by Gasteiger charge is 2.40. The van der Waals surface area contributed by atoms with Gasteiger partial charge in [0, 0.05) is 42.2 Å². The minimum Gasteiger partial charge on any atom is -0.358 e. The Labute approximate surface area is 167 Å². The third kappa shape index (κ3) is 3.54. The minimum absolute atomic E-state index is 0.0938. The van der Waals surface area contributed by atoms with Crippen LogP contribution in [0.2, 0.25) is 0 Å².